The first-order chi connectivity index (χ1) is 10.3. The first-order valence-electron chi connectivity index (χ1n) is 8.70. The van der Waals surface area contributed by atoms with Crippen LogP contribution >= 0.6 is 0 Å². The van der Waals surface area contributed by atoms with E-state index in [1.807, 2.05) is 0 Å². The molecular weight excluding hydrogens is 266 g/mol. The van der Waals surface area contributed by atoms with E-state index in [0.717, 1.165) is 39.1 Å². The Hall–Kier alpha value is -0.810. The van der Waals surface area contributed by atoms with E-state index >= 15 is 0 Å². The molecule has 120 valence electrons. The van der Waals surface area contributed by atoms with E-state index < -0.39 is 0 Å². The van der Waals surface area contributed by atoms with Crippen LogP contribution in [0.25, 0.3) is 0 Å². The molecule has 3 rings (SSSR count). The van der Waals surface area contributed by atoms with Crippen LogP contribution in [0.2, 0.25) is 0 Å². The van der Waals surface area contributed by atoms with Crippen molar-refractivity contribution in [3.05, 3.63) is 0 Å². The van der Waals surface area contributed by atoms with Gasteiger partial charge in [-0.1, -0.05) is 12.8 Å². The summed E-state index contributed by atoms with van der Waals surface area (Å²) in [5.41, 5.74) is 0. The molecule has 0 aromatic carbocycles. The molecule has 21 heavy (non-hydrogen) atoms. The van der Waals surface area contributed by atoms with E-state index in [2.05, 4.69) is 15.5 Å². The predicted octanol–water partition coefficient (Wildman–Crippen LogP) is 1.73. The van der Waals surface area contributed by atoms with Gasteiger partial charge in [-0.25, -0.2) is 4.79 Å². The minimum Gasteiger partial charge on any atom is -0.379 e. The number of nitrogens with zero attached hydrogens (tertiary/aromatic N) is 1. The summed E-state index contributed by atoms with van der Waals surface area (Å²) in [6, 6.07) is 0.808. The van der Waals surface area contributed by atoms with E-state index in [9.17, 15) is 4.79 Å². The van der Waals surface area contributed by atoms with Crippen LogP contribution in [0.15, 0.2) is 0 Å². The average molecular weight is 295 g/mol. The van der Waals surface area contributed by atoms with Gasteiger partial charge in [0.1, 0.15) is 0 Å². The van der Waals surface area contributed by atoms with Gasteiger partial charge < -0.3 is 20.3 Å². The zero-order valence-electron chi connectivity index (χ0n) is 13.0. The van der Waals surface area contributed by atoms with Crippen molar-refractivity contribution in [1.82, 2.24) is 15.5 Å². The van der Waals surface area contributed by atoms with E-state index in [0.29, 0.717) is 18.6 Å². The number of likely N-dealkylation sites (tertiary alicyclic amines) is 1. The molecule has 0 aromatic heterocycles. The Kier molecular flexibility index (Phi) is 5.36. The number of hydrogen-bond donors (Lipinski definition) is 2. The summed E-state index contributed by atoms with van der Waals surface area (Å²) in [5.74, 6) is 0.676. The third kappa shape index (κ3) is 3.89. The first kappa shape index (κ1) is 15.1. The monoisotopic (exact) mass is 295 g/mol. The Morgan fingerprint density at radius 3 is 2.71 bits per heavy atom. The van der Waals surface area contributed by atoms with Gasteiger partial charge in [-0.05, 0) is 51.1 Å². The van der Waals surface area contributed by atoms with Crippen molar-refractivity contribution in [1.29, 1.82) is 0 Å². The van der Waals surface area contributed by atoms with Crippen LogP contribution in [0.1, 0.15) is 44.9 Å². The van der Waals surface area contributed by atoms with Gasteiger partial charge in [0.2, 0.25) is 0 Å². The molecule has 0 radical (unpaired) electrons. The third-order valence-corrected chi connectivity index (χ3v) is 5.25. The molecule has 3 saturated heterocycles. The molecule has 3 aliphatic rings. The van der Waals surface area contributed by atoms with Gasteiger partial charge in [-0.15, -0.1) is 0 Å². The maximum Gasteiger partial charge on any atom is 0.317 e. The fourth-order valence-corrected chi connectivity index (χ4v) is 4.01. The van der Waals surface area contributed by atoms with Crippen LogP contribution in [0.4, 0.5) is 4.79 Å². The Morgan fingerprint density at radius 1 is 1.10 bits per heavy atom. The standard InChI is InChI=1S/C16H29N3O2/c20-16(18-14-7-11-21-12-14)19-10-3-1-2-4-15(19)13-5-8-17-9-6-13/h13-15,17H,1-12H2,(H,18,20). The Balaban J connectivity index is 1.63. The van der Waals surface area contributed by atoms with Gasteiger partial charge >= 0.3 is 6.03 Å². The summed E-state index contributed by atoms with van der Waals surface area (Å²) in [7, 11) is 0. The highest BCUT2D eigenvalue weighted by Gasteiger charge is 2.33. The van der Waals surface area contributed by atoms with Gasteiger partial charge in [0, 0.05) is 19.2 Å². The molecule has 0 saturated carbocycles. The zero-order valence-corrected chi connectivity index (χ0v) is 13.0. The Labute approximate surface area is 127 Å². The minimum absolute atomic E-state index is 0.149. The summed E-state index contributed by atoms with van der Waals surface area (Å²) < 4.78 is 5.37. The van der Waals surface area contributed by atoms with E-state index in [1.165, 1.54) is 32.1 Å². The van der Waals surface area contributed by atoms with E-state index in [-0.39, 0.29) is 12.1 Å². The molecule has 2 unspecified atom stereocenters. The fraction of sp³-hybridized carbons (Fsp3) is 0.938. The number of rotatable bonds is 2. The van der Waals surface area contributed by atoms with Crippen LogP contribution in [0, 0.1) is 5.92 Å². The third-order valence-electron chi connectivity index (χ3n) is 5.25. The van der Waals surface area contributed by atoms with Gasteiger partial charge in [0.05, 0.1) is 12.6 Å². The molecule has 0 bridgehead atoms. The lowest BCUT2D eigenvalue weighted by atomic mass is 9.87. The van der Waals surface area contributed by atoms with Crippen LogP contribution in [-0.4, -0.2) is 55.9 Å². The topological polar surface area (TPSA) is 53.6 Å². The highest BCUT2D eigenvalue weighted by Crippen LogP contribution is 2.28. The molecule has 0 aliphatic carbocycles. The molecule has 0 aromatic rings. The van der Waals surface area contributed by atoms with Crippen LogP contribution in [0.3, 0.4) is 0 Å². The number of amides is 2. The van der Waals surface area contributed by atoms with Crippen molar-refractivity contribution in [3.63, 3.8) is 0 Å². The highest BCUT2D eigenvalue weighted by molar-refractivity contribution is 5.75. The lowest BCUT2D eigenvalue weighted by Gasteiger charge is -2.38. The number of carbonyl (C=O) groups excluding carboxylic acids is 1. The van der Waals surface area contributed by atoms with Crippen molar-refractivity contribution >= 4 is 6.03 Å². The molecule has 2 N–H and O–H groups in total. The molecule has 0 spiro atoms. The maximum absolute atomic E-state index is 12.7. The Morgan fingerprint density at radius 2 is 1.95 bits per heavy atom. The summed E-state index contributed by atoms with van der Waals surface area (Å²) in [4.78, 5) is 14.9. The molecule has 3 heterocycles. The van der Waals surface area contributed by atoms with Gasteiger partial charge in [0.15, 0.2) is 0 Å². The number of piperidine rings is 1. The molecule has 5 heteroatoms. The van der Waals surface area contributed by atoms with Crippen molar-refractivity contribution in [3.8, 4) is 0 Å². The minimum atomic E-state index is 0.149. The van der Waals surface area contributed by atoms with Gasteiger partial charge in [-0.2, -0.15) is 0 Å². The maximum atomic E-state index is 12.7. The predicted molar refractivity (Wildman–Crippen MR) is 82.3 cm³/mol. The molecule has 3 fully saturated rings. The summed E-state index contributed by atoms with van der Waals surface area (Å²) in [5, 5.41) is 6.63. The van der Waals surface area contributed by atoms with Gasteiger partial charge in [-0.3, -0.25) is 0 Å². The van der Waals surface area contributed by atoms with Crippen molar-refractivity contribution < 1.29 is 9.53 Å². The van der Waals surface area contributed by atoms with E-state index in [4.69, 9.17) is 4.74 Å². The van der Waals surface area contributed by atoms with Gasteiger partial charge in [0.25, 0.3) is 0 Å². The van der Waals surface area contributed by atoms with Crippen LogP contribution in [-0.2, 0) is 4.74 Å². The summed E-state index contributed by atoms with van der Waals surface area (Å²) >= 11 is 0. The molecule has 5 nitrogen and oxygen atoms in total. The highest BCUT2D eigenvalue weighted by atomic mass is 16.5. The second kappa shape index (κ2) is 7.45. The normalized spacial score (nSPS) is 31.9. The number of carbonyl (C=O) groups is 1. The Bertz CT molecular complexity index is 338. The quantitative estimate of drug-likeness (QED) is 0.816. The van der Waals surface area contributed by atoms with Crippen LogP contribution < -0.4 is 10.6 Å². The fourth-order valence-electron chi connectivity index (χ4n) is 4.01. The lowest BCUT2D eigenvalue weighted by molar-refractivity contribution is 0.129. The summed E-state index contributed by atoms with van der Waals surface area (Å²) in [6.07, 6.45) is 8.23. The summed E-state index contributed by atoms with van der Waals surface area (Å²) in [6.45, 7) is 4.59. The number of hydrogen-bond acceptors (Lipinski definition) is 3. The number of ether oxygens (including phenoxy) is 1. The molecule has 2 amide bonds. The van der Waals surface area contributed by atoms with E-state index in [1.54, 1.807) is 0 Å². The number of nitrogens with one attached hydrogen (secondary N) is 2. The zero-order chi connectivity index (χ0) is 14.5. The molecular formula is C16H29N3O2. The smallest absolute Gasteiger partial charge is 0.317 e. The first-order valence-corrected chi connectivity index (χ1v) is 8.70. The second-order valence-corrected chi connectivity index (χ2v) is 6.71. The van der Waals surface area contributed by atoms with Crippen LogP contribution in [0.5, 0.6) is 0 Å². The lowest BCUT2D eigenvalue weighted by Crippen LogP contribution is -2.52. The largest absolute Gasteiger partial charge is 0.379 e. The molecule has 3 aliphatic heterocycles. The van der Waals surface area contributed by atoms with Crippen molar-refractivity contribution in [2.75, 3.05) is 32.8 Å². The van der Waals surface area contributed by atoms with Crippen molar-refractivity contribution in [2.45, 2.75) is 57.0 Å². The number of urea groups is 1. The SMILES string of the molecule is O=C(NC1CCOC1)N1CCCCCC1C1CCNCC1. The average Bonchev–Trinajstić information content (AvgIpc) is 2.89. The van der Waals surface area contributed by atoms with Crippen molar-refractivity contribution in [2.24, 2.45) is 5.92 Å². The second-order valence-electron chi connectivity index (χ2n) is 6.71. The molecule has 2 atom stereocenters.